The Morgan fingerprint density at radius 1 is 1.60 bits per heavy atom. The molecule has 0 saturated heterocycles. The van der Waals surface area contributed by atoms with Gasteiger partial charge in [-0.05, 0) is 22.0 Å². The van der Waals surface area contributed by atoms with Gasteiger partial charge in [0.1, 0.15) is 5.69 Å². The molecular weight excluding hydrogens is 196 g/mol. The molecule has 2 N–H and O–H groups in total. The fourth-order valence-electron chi connectivity index (χ4n) is 1.07. The Bertz CT molecular complexity index is 292. The van der Waals surface area contributed by atoms with E-state index in [1.54, 1.807) is 0 Å². The van der Waals surface area contributed by atoms with Gasteiger partial charge < -0.3 is 10.3 Å². The van der Waals surface area contributed by atoms with Crippen LogP contribution in [0.15, 0.2) is 10.7 Å². The number of rotatable bonds is 0. The molecule has 0 aromatic carbocycles. The Kier molecular flexibility index (Phi) is 1.11. The van der Waals surface area contributed by atoms with Gasteiger partial charge in [0.2, 0.25) is 0 Å². The number of aromatic nitrogens is 1. The van der Waals surface area contributed by atoms with E-state index in [0.717, 1.165) is 10.2 Å². The van der Waals surface area contributed by atoms with Gasteiger partial charge in [-0.2, -0.15) is 0 Å². The molecular formula is C6H5BrN2O. The summed E-state index contributed by atoms with van der Waals surface area (Å²) < 4.78 is 0.868. The van der Waals surface area contributed by atoms with E-state index < -0.39 is 0 Å². The van der Waals surface area contributed by atoms with Crippen LogP contribution in [0.5, 0.6) is 0 Å². The molecule has 0 unspecified atom stereocenters. The number of nitrogens with one attached hydrogen (secondary N) is 2. The number of hydrogen-bond donors (Lipinski definition) is 2. The number of H-pyrrole nitrogens is 1. The molecule has 10 heavy (non-hydrogen) atoms. The fraction of sp³-hybridized carbons (Fsp3) is 0.167. The minimum absolute atomic E-state index is 0.0132. The lowest BCUT2D eigenvalue weighted by molar-refractivity contribution is 0.0961. The number of fused-ring (bicyclic) bond motifs is 1. The third kappa shape index (κ3) is 0.686. The molecule has 0 radical (unpaired) electrons. The average Bonchev–Trinajstić information content (AvgIpc) is 2.35. The van der Waals surface area contributed by atoms with Gasteiger partial charge >= 0.3 is 0 Å². The van der Waals surface area contributed by atoms with Crippen LogP contribution >= 0.6 is 15.9 Å². The zero-order chi connectivity index (χ0) is 7.14. The summed E-state index contributed by atoms with van der Waals surface area (Å²) >= 11 is 3.25. The van der Waals surface area contributed by atoms with E-state index in [1.165, 1.54) is 0 Å². The third-order valence-electron chi connectivity index (χ3n) is 1.53. The van der Waals surface area contributed by atoms with Crippen LogP contribution in [0.3, 0.4) is 0 Å². The second kappa shape index (κ2) is 1.85. The van der Waals surface area contributed by atoms with Crippen molar-refractivity contribution >= 4 is 21.8 Å². The van der Waals surface area contributed by atoms with Crippen molar-refractivity contribution in [2.24, 2.45) is 0 Å². The zero-order valence-electron chi connectivity index (χ0n) is 5.07. The maximum atomic E-state index is 10.9. The first-order valence-electron chi connectivity index (χ1n) is 2.93. The van der Waals surface area contributed by atoms with Gasteiger partial charge in [0, 0.05) is 12.1 Å². The molecule has 0 bridgehead atoms. The van der Waals surface area contributed by atoms with E-state index in [1.807, 2.05) is 6.07 Å². The summed E-state index contributed by atoms with van der Waals surface area (Å²) in [6.45, 7) is 0.649. The lowest BCUT2D eigenvalue weighted by Gasteiger charge is -1.87. The van der Waals surface area contributed by atoms with Gasteiger partial charge in [0.15, 0.2) is 0 Å². The minimum atomic E-state index is -0.0132. The normalized spacial score (nSPS) is 15.1. The predicted molar refractivity (Wildman–Crippen MR) is 39.7 cm³/mol. The molecule has 0 spiro atoms. The maximum Gasteiger partial charge on any atom is 0.268 e. The molecule has 4 heteroatoms. The number of hydrogen-bond acceptors (Lipinski definition) is 1. The van der Waals surface area contributed by atoms with Crippen molar-refractivity contribution in [1.82, 2.24) is 10.3 Å². The second-order valence-electron chi connectivity index (χ2n) is 2.20. The summed E-state index contributed by atoms with van der Waals surface area (Å²) in [6, 6.07) is 1.91. The Labute approximate surface area is 65.9 Å². The lowest BCUT2D eigenvalue weighted by Crippen LogP contribution is -2.13. The summed E-state index contributed by atoms with van der Waals surface area (Å²) in [5.41, 5.74) is 1.73. The van der Waals surface area contributed by atoms with Crippen LogP contribution in [0.2, 0.25) is 0 Å². The molecule has 1 amide bonds. The molecule has 1 aliphatic rings. The smallest absolute Gasteiger partial charge is 0.268 e. The minimum Gasteiger partial charge on any atom is -0.347 e. The first-order valence-corrected chi connectivity index (χ1v) is 3.72. The van der Waals surface area contributed by atoms with Crippen molar-refractivity contribution < 1.29 is 4.79 Å². The van der Waals surface area contributed by atoms with Crippen LogP contribution in [0.4, 0.5) is 0 Å². The zero-order valence-corrected chi connectivity index (χ0v) is 6.66. The Morgan fingerprint density at radius 3 is 3.10 bits per heavy atom. The quantitative estimate of drug-likeness (QED) is 0.646. The molecule has 1 aromatic heterocycles. The third-order valence-corrected chi connectivity index (χ3v) is 1.96. The first kappa shape index (κ1) is 5.97. The summed E-state index contributed by atoms with van der Waals surface area (Å²) in [4.78, 5) is 13.8. The van der Waals surface area contributed by atoms with Gasteiger partial charge in [-0.1, -0.05) is 0 Å². The highest BCUT2D eigenvalue weighted by Gasteiger charge is 2.20. The van der Waals surface area contributed by atoms with Crippen LogP contribution in [0.1, 0.15) is 16.1 Å². The molecule has 0 aliphatic carbocycles. The summed E-state index contributed by atoms with van der Waals surface area (Å²) in [7, 11) is 0. The molecule has 0 fully saturated rings. The second-order valence-corrected chi connectivity index (χ2v) is 3.05. The number of amides is 1. The van der Waals surface area contributed by atoms with E-state index in [0.29, 0.717) is 12.2 Å². The summed E-state index contributed by atoms with van der Waals surface area (Å²) in [5, 5.41) is 2.70. The van der Waals surface area contributed by atoms with Crippen molar-refractivity contribution in [1.29, 1.82) is 0 Å². The molecule has 3 nitrogen and oxygen atoms in total. The Hall–Kier alpha value is -0.770. The van der Waals surface area contributed by atoms with Crippen LogP contribution < -0.4 is 5.32 Å². The number of carbonyl (C=O) groups excluding carboxylic acids is 1. The van der Waals surface area contributed by atoms with Crippen molar-refractivity contribution in [3.63, 3.8) is 0 Å². The number of aromatic amines is 1. The molecule has 1 aliphatic heterocycles. The molecule has 52 valence electrons. The van der Waals surface area contributed by atoms with Gasteiger partial charge in [-0.25, -0.2) is 0 Å². The standard InChI is InChI=1S/C6H5BrN2O/c7-4-1-3-2-8-6(10)5(3)9-4/h1,9H,2H2,(H,8,10). The summed E-state index contributed by atoms with van der Waals surface area (Å²) in [5.74, 6) is -0.0132. The molecule has 1 aromatic rings. The molecule has 0 atom stereocenters. The van der Waals surface area contributed by atoms with Crippen molar-refractivity contribution in [2.45, 2.75) is 6.54 Å². The highest BCUT2D eigenvalue weighted by molar-refractivity contribution is 9.10. The SMILES string of the molecule is O=C1NCc2cc(Br)[nH]c21. The van der Waals surface area contributed by atoms with Gasteiger partial charge in [-0.15, -0.1) is 0 Å². The van der Waals surface area contributed by atoms with E-state index in [-0.39, 0.29) is 5.91 Å². The lowest BCUT2D eigenvalue weighted by atomic mass is 10.3. The van der Waals surface area contributed by atoms with Gasteiger partial charge in [-0.3, -0.25) is 4.79 Å². The maximum absolute atomic E-state index is 10.9. The molecule has 2 heterocycles. The highest BCUT2D eigenvalue weighted by Crippen LogP contribution is 2.19. The molecule has 0 saturated carbocycles. The molecule has 2 rings (SSSR count). The number of halogens is 1. The highest BCUT2D eigenvalue weighted by atomic mass is 79.9. The van der Waals surface area contributed by atoms with E-state index >= 15 is 0 Å². The predicted octanol–water partition coefficient (Wildman–Crippen LogP) is 1.02. The number of carbonyl (C=O) groups is 1. The van der Waals surface area contributed by atoms with Crippen LogP contribution in [-0.4, -0.2) is 10.9 Å². The van der Waals surface area contributed by atoms with Crippen molar-refractivity contribution in [3.05, 3.63) is 21.9 Å². The van der Waals surface area contributed by atoms with E-state index in [2.05, 4.69) is 26.2 Å². The van der Waals surface area contributed by atoms with Crippen LogP contribution in [-0.2, 0) is 6.54 Å². The van der Waals surface area contributed by atoms with Crippen LogP contribution in [0, 0.1) is 0 Å². The average molecular weight is 201 g/mol. The van der Waals surface area contributed by atoms with Crippen molar-refractivity contribution in [3.8, 4) is 0 Å². The van der Waals surface area contributed by atoms with E-state index in [9.17, 15) is 4.79 Å². The Morgan fingerprint density at radius 2 is 2.40 bits per heavy atom. The monoisotopic (exact) mass is 200 g/mol. The topological polar surface area (TPSA) is 44.9 Å². The van der Waals surface area contributed by atoms with Gasteiger partial charge in [0.25, 0.3) is 5.91 Å². The summed E-state index contributed by atoms with van der Waals surface area (Å²) in [6.07, 6.45) is 0. The van der Waals surface area contributed by atoms with E-state index in [4.69, 9.17) is 0 Å². The fourth-order valence-corrected chi connectivity index (χ4v) is 1.54. The van der Waals surface area contributed by atoms with Crippen molar-refractivity contribution in [2.75, 3.05) is 0 Å². The Balaban J connectivity index is 2.59. The first-order chi connectivity index (χ1) is 4.77. The van der Waals surface area contributed by atoms with Gasteiger partial charge in [0.05, 0.1) is 4.60 Å². The van der Waals surface area contributed by atoms with Crippen LogP contribution in [0.25, 0.3) is 0 Å². The largest absolute Gasteiger partial charge is 0.347 e.